The van der Waals surface area contributed by atoms with E-state index in [2.05, 4.69) is 5.32 Å². The first-order valence-electron chi connectivity index (χ1n) is 5.44. The van der Waals surface area contributed by atoms with Crippen LogP contribution in [0.5, 0.6) is 0 Å². The first-order valence-corrected chi connectivity index (χ1v) is 6.51. The summed E-state index contributed by atoms with van der Waals surface area (Å²) in [5.41, 5.74) is 0.141. The largest absolute Gasteiger partial charge is 0.379 e. The molecular weight excluding hydrogens is 352 g/mol. The number of nitro groups is 1. The third-order valence-corrected chi connectivity index (χ3v) is 3.16. The van der Waals surface area contributed by atoms with Gasteiger partial charge in [-0.1, -0.05) is 0 Å². The van der Waals surface area contributed by atoms with Crippen LogP contribution in [0.2, 0.25) is 0 Å². The van der Waals surface area contributed by atoms with Gasteiger partial charge < -0.3 is 10.2 Å². The van der Waals surface area contributed by atoms with E-state index >= 15 is 0 Å². The van der Waals surface area contributed by atoms with Crippen molar-refractivity contribution in [2.24, 2.45) is 0 Å². The van der Waals surface area contributed by atoms with Crippen molar-refractivity contribution in [1.82, 2.24) is 4.90 Å². The van der Waals surface area contributed by atoms with Gasteiger partial charge in [-0.2, -0.15) is 0 Å². The van der Waals surface area contributed by atoms with Crippen molar-refractivity contribution in [3.63, 3.8) is 0 Å². The number of nitrogens with zero attached hydrogens (tertiary/aromatic N) is 2. The average Bonchev–Trinajstić information content (AvgIpc) is 2.28. The molecule has 0 radical (unpaired) electrons. The summed E-state index contributed by atoms with van der Waals surface area (Å²) in [5, 5.41) is 13.8. The van der Waals surface area contributed by atoms with Gasteiger partial charge >= 0.3 is 0 Å². The molecular formula is C11H15FIN3O2. The highest BCUT2D eigenvalue weighted by molar-refractivity contribution is 14.1. The lowest BCUT2D eigenvalue weighted by atomic mass is 10.2. The summed E-state index contributed by atoms with van der Waals surface area (Å²) in [7, 11) is 3.90. The molecule has 0 unspecified atom stereocenters. The summed E-state index contributed by atoms with van der Waals surface area (Å²) in [5.74, 6) is -0.448. The Kier molecular flexibility index (Phi) is 5.73. The SMILES string of the molecule is CN(C)CCCNc1cc(F)c(I)cc1[N+](=O)[O-]. The van der Waals surface area contributed by atoms with E-state index in [-0.39, 0.29) is 14.9 Å². The summed E-state index contributed by atoms with van der Waals surface area (Å²) < 4.78 is 13.6. The Balaban J connectivity index is 2.74. The Hall–Kier alpha value is -0.960. The molecule has 0 bridgehead atoms. The van der Waals surface area contributed by atoms with E-state index in [0.717, 1.165) is 13.0 Å². The maximum Gasteiger partial charge on any atom is 0.293 e. The van der Waals surface area contributed by atoms with Crippen LogP contribution in [0, 0.1) is 19.5 Å². The highest BCUT2D eigenvalue weighted by Crippen LogP contribution is 2.28. The standard InChI is InChI=1S/C11H15FIN3O2/c1-15(2)5-3-4-14-10-6-8(12)9(13)7-11(10)16(17)18/h6-7,14H,3-5H2,1-2H3. The number of nitro benzene ring substituents is 1. The molecule has 18 heavy (non-hydrogen) atoms. The summed E-state index contributed by atoms with van der Waals surface area (Å²) in [6, 6.07) is 2.42. The maximum absolute atomic E-state index is 13.4. The van der Waals surface area contributed by atoms with Gasteiger partial charge in [0, 0.05) is 18.7 Å². The molecule has 1 rings (SSSR count). The summed E-state index contributed by atoms with van der Waals surface area (Å²) in [6.07, 6.45) is 0.831. The normalized spacial score (nSPS) is 10.7. The number of halogens is 2. The van der Waals surface area contributed by atoms with Crippen LogP contribution >= 0.6 is 22.6 Å². The molecule has 0 fully saturated rings. The number of hydrogen-bond donors (Lipinski definition) is 1. The van der Waals surface area contributed by atoms with Crippen molar-refractivity contribution in [1.29, 1.82) is 0 Å². The van der Waals surface area contributed by atoms with Crippen LogP contribution in [-0.4, -0.2) is 37.0 Å². The number of anilines is 1. The topological polar surface area (TPSA) is 58.4 Å². The highest BCUT2D eigenvalue weighted by atomic mass is 127. The van der Waals surface area contributed by atoms with Crippen LogP contribution < -0.4 is 5.32 Å². The molecule has 0 saturated carbocycles. The Labute approximate surface area is 119 Å². The van der Waals surface area contributed by atoms with E-state index in [4.69, 9.17) is 0 Å². The number of hydrogen-bond acceptors (Lipinski definition) is 4. The molecule has 1 aromatic carbocycles. The van der Waals surface area contributed by atoms with E-state index in [1.54, 1.807) is 22.6 Å². The van der Waals surface area contributed by atoms with Gasteiger partial charge in [0.15, 0.2) is 0 Å². The minimum Gasteiger partial charge on any atom is -0.379 e. The second-order valence-electron chi connectivity index (χ2n) is 4.12. The highest BCUT2D eigenvalue weighted by Gasteiger charge is 2.16. The fraction of sp³-hybridized carbons (Fsp3) is 0.455. The molecule has 0 aliphatic heterocycles. The molecule has 1 N–H and O–H groups in total. The zero-order valence-electron chi connectivity index (χ0n) is 10.2. The molecule has 0 aromatic heterocycles. The lowest BCUT2D eigenvalue weighted by molar-refractivity contribution is -0.384. The lowest BCUT2D eigenvalue weighted by Gasteiger charge is -2.11. The monoisotopic (exact) mass is 367 g/mol. The Morgan fingerprint density at radius 2 is 2.17 bits per heavy atom. The minimum absolute atomic E-state index is 0.0920. The van der Waals surface area contributed by atoms with Crippen molar-refractivity contribution >= 4 is 34.0 Å². The fourth-order valence-corrected chi connectivity index (χ4v) is 1.90. The number of benzene rings is 1. The number of nitrogens with one attached hydrogen (secondary N) is 1. The van der Waals surface area contributed by atoms with Gasteiger partial charge in [0.2, 0.25) is 0 Å². The Morgan fingerprint density at radius 1 is 1.50 bits per heavy atom. The summed E-state index contributed by atoms with van der Waals surface area (Å²) in [6.45, 7) is 1.44. The number of rotatable bonds is 6. The second-order valence-corrected chi connectivity index (χ2v) is 5.29. The Morgan fingerprint density at radius 3 is 2.72 bits per heavy atom. The molecule has 0 saturated heterocycles. The molecule has 0 heterocycles. The zero-order valence-corrected chi connectivity index (χ0v) is 12.4. The van der Waals surface area contributed by atoms with Crippen molar-refractivity contribution in [3.05, 3.63) is 31.6 Å². The molecule has 0 spiro atoms. The predicted molar refractivity (Wildman–Crippen MR) is 77.4 cm³/mol. The quantitative estimate of drug-likeness (QED) is 0.364. The second kappa shape index (κ2) is 6.83. The maximum atomic E-state index is 13.4. The van der Waals surface area contributed by atoms with E-state index in [9.17, 15) is 14.5 Å². The molecule has 7 heteroatoms. The van der Waals surface area contributed by atoms with Crippen molar-refractivity contribution in [2.75, 3.05) is 32.5 Å². The molecule has 0 aliphatic rings. The van der Waals surface area contributed by atoms with E-state index in [0.29, 0.717) is 6.54 Å². The van der Waals surface area contributed by atoms with Crippen LogP contribution in [0.25, 0.3) is 0 Å². The van der Waals surface area contributed by atoms with Gasteiger partial charge in [0.05, 0.1) is 8.49 Å². The minimum atomic E-state index is -0.504. The average molecular weight is 367 g/mol. The molecule has 0 atom stereocenters. The van der Waals surface area contributed by atoms with Gasteiger partial charge in [0.25, 0.3) is 5.69 Å². The van der Waals surface area contributed by atoms with E-state index < -0.39 is 10.7 Å². The molecule has 1 aromatic rings. The fourth-order valence-electron chi connectivity index (χ4n) is 1.45. The third-order valence-electron chi connectivity index (χ3n) is 2.33. The van der Waals surface area contributed by atoms with Crippen molar-refractivity contribution in [2.45, 2.75) is 6.42 Å². The van der Waals surface area contributed by atoms with Gasteiger partial charge in [-0.3, -0.25) is 10.1 Å². The molecule has 5 nitrogen and oxygen atoms in total. The van der Waals surface area contributed by atoms with Crippen LogP contribution in [0.15, 0.2) is 12.1 Å². The van der Waals surface area contributed by atoms with Crippen molar-refractivity contribution < 1.29 is 9.31 Å². The van der Waals surface area contributed by atoms with Gasteiger partial charge in [-0.05, 0) is 49.7 Å². The summed E-state index contributed by atoms with van der Waals surface area (Å²) in [4.78, 5) is 12.4. The smallest absolute Gasteiger partial charge is 0.293 e. The Bertz CT molecular complexity index is 441. The van der Waals surface area contributed by atoms with Crippen LogP contribution in [-0.2, 0) is 0 Å². The molecule has 100 valence electrons. The first kappa shape index (κ1) is 15.1. The molecule has 0 amide bonds. The molecule has 0 aliphatic carbocycles. The van der Waals surface area contributed by atoms with Gasteiger partial charge in [0.1, 0.15) is 11.5 Å². The van der Waals surface area contributed by atoms with E-state index in [1.807, 2.05) is 19.0 Å². The van der Waals surface area contributed by atoms with E-state index in [1.165, 1.54) is 12.1 Å². The predicted octanol–water partition coefficient (Wildman–Crippen LogP) is 2.70. The van der Waals surface area contributed by atoms with Crippen molar-refractivity contribution in [3.8, 4) is 0 Å². The van der Waals surface area contributed by atoms with Crippen LogP contribution in [0.1, 0.15) is 6.42 Å². The first-order chi connectivity index (χ1) is 8.41. The summed E-state index contributed by atoms with van der Waals surface area (Å²) >= 11 is 1.74. The third kappa shape index (κ3) is 4.37. The van der Waals surface area contributed by atoms with Crippen LogP contribution in [0.3, 0.4) is 0 Å². The van der Waals surface area contributed by atoms with Gasteiger partial charge in [-0.25, -0.2) is 4.39 Å². The zero-order chi connectivity index (χ0) is 13.7. The lowest BCUT2D eigenvalue weighted by Crippen LogP contribution is -2.16. The van der Waals surface area contributed by atoms with Gasteiger partial charge in [-0.15, -0.1) is 0 Å². The van der Waals surface area contributed by atoms with Crippen LogP contribution in [0.4, 0.5) is 15.8 Å².